The van der Waals surface area contributed by atoms with Crippen LogP contribution in [-0.2, 0) is 5.92 Å². The van der Waals surface area contributed by atoms with Gasteiger partial charge < -0.3 is 0 Å². The second-order valence-electron chi connectivity index (χ2n) is 6.51. The predicted molar refractivity (Wildman–Crippen MR) is 97.5 cm³/mol. The first-order valence-corrected chi connectivity index (χ1v) is 9.14. The number of hydrogen-bond acceptors (Lipinski definition) is 0. The molecule has 2 heteroatoms. The normalized spacial score (nSPS) is 13.0. The van der Waals surface area contributed by atoms with Gasteiger partial charge in [-0.2, -0.15) is 0 Å². The molecular weight excluding hydrogens is 302 g/mol. The van der Waals surface area contributed by atoms with Crippen LogP contribution in [0, 0.1) is 0 Å². The minimum absolute atomic E-state index is 0.116. The maximum absolute atomic E-state index is 15.1. The first-order chi connectivity index (χ1) is 11.7. The molecule has 0 saturated heterocycles. The fraction of sp³-hybridized carbons (Fsp3) is 0.455. The Hall–Kier alpha value is -1.70. The van der Waals surface area contributed by atoms with E-state index in [4.69, 9.17) is 0 Å². The van der Waals surface area contributed by atoms with Crippen molar-refractivity contribution < 1.29 is 8.78 Å². The van der Waals surface area contributed by atoms with Gasteiger partial charge in [0.15, 0.2) is 0 Å². The van der Waals surface area contributed by atoms with E-state index < -0.39 is 11.8 Å². The third-order valence-electron chi connectivity index (χ3n) is 4.64. The molecule has 0 spiro atoms. The van der Waals surface area contributed by atoms with Gasteiger partial charge in [-0.15, -0.1) is 0 Å². The van der Waals surface area contributed by atoms with Crippen molar-refractivity contribution in [3.8, 4) is 0 Å². The molecule has 0 aromatic heterocycles. The van der Waals surface area contributed by atoms with E-state index in [0.717, 1.165) is 24.8 Å². The van der Waals surface area contributed by atoms with Crippen LogP contribution >= 0.6 is 0 Å². The molecule has 0 radical (unpaired) electrons. The van der Waals surface area contributed by atoms with Crippen LogP contribution in [0.1, 0.15) is 68.9 Å². The van der Waals surface area contributed by atoms with Crippen LogP contribution in [0.3, 0.4) is 0 Å². The molecule has 0 aliphatic carbocycles. The molecule has 0 aliphatic heterocycles. The molecule has 2 rings (SSSR count). The van der Waals surface area contributed by atoms with Gasteiger partial charge in [0.05, 0.1) is 5.92 Å². The molecule has 130 valence electrons. The van der Waals surface area contributed by atoms with Crippen LogP contribution < -0.4 is 0 Å². The van der Waals surface area contributed by atoms with Crippen molar-refractivity contribution in [2.24, 2.45) is 0 Å². The summed E-state index contributed by atoms with van der Waals surface area (Å²) in [4.78, 5) is 0. The molecule has 0 fully saturated rings. The monoisotopic (exact) mass is 330 g/mol. The summed E-state index contributed by atoms with van der Waals surface area (Å²) in [6.07, 6.45) is 7.22. The Kier molecular flexibility index (Phi) is 7.42. The molecule has 0 nitrogen and oxygen atoms in total. The minimum Gasteiger partial charge on any atom is -0.201 e. The van der Waals surface area contributed by atoms with Crippen LogP contribution in [0.5, 0.6) is 0 Å². The third-order valence-corrected chi connectivity index (χ3v) is 4.64. The zero-order chi connectivity index (χ0) is 17.3. The number of hydrogen-bond donors (Lipinski definition) is 0. The maximum atomic E-state index is 15.1. The highest BCUT2D eigenvalue weighted by Gasteiger charge is 2.41. The summed E-state index contributed by atoms with van der Waals surface area (Å²) < 4.78 is 30.3. The standard InChI is InChI=1S/C22H28F2/c1-2-3-4-5-6-13-18-21(19-14-9-7-10-15-19)22(23,24)20-16-11-8-12-17-20/h7-12,14-17,21H,2-6,13,18H2,1H3. The lowest BCUT2D eigenvalue weighted by molar-refractivity contribution is -0.0374. The fourth-order valence-electron chi connectivity index (χ4n) is 3.23. The average molecular weight is 330 g/mol. The number of unbranched alkanes of at least 4 members (excludes halogenated alkanes) is 5. The van der Waals surface area contributed by atoms with Crippen molar-refractivity contribution in [1.82, 2.24) is 0 Å². The van der Waals surface area contributed by atoms with Crippen molar-refractivity contribution in [3.63, 3.8) is 0 Å². The molecule has 1 atom stereocenters. The van der Waals surface area contributed by atoms with E-state index in [1.807, 2.05) is 30.3 Å². The number of benzene rings is 2. The Morgan fingerprint density at radius 2 is 1.29 bits per heavy atom. The number of halogens is 2. The number of rotatable bonds is 10. The summed E-state index contributed by atoms with van der Waals surface area (Å²) in [5, 5.41) is 0. The fourth-order valence-corrected chi connectivity index (χ4v) is 3.23. The summed E-state index contributed by atoms with van der Waals surface area (Å²) >= 11 is 0. The van der Waals surface area contributed by atoms with E-state index in [0.29, 0.717) is 6.42 Å². The second-order valence-corrected chi connectivity index (χ2v) is 6.51. The minimum atomic E-state index is -2.84. The summed E-state index contributed by atoms with van der Waals surface area (Å²) in [6.45, 7) is 2.19. The topological polar surface area (TPSA) is 0 Å². The van der Waals surface area contributed by atoms with Crippen molar-refractivity contribution >= 4 is 0 Å². The molecule has 0 amide bonds. The van der Waals surface area contributed by atoms with Gasteiger partial charge in [-0.3, -0.25) is 0 Å². The molecule has 1 unspecified atom stereocenters. The van der Waals surface area contributed by atoms with Crippen molar-refractivity contribution in [2.45, 2.75) is 63.7 Å². The highest BCUT2D eigenvalue weighted by molar-refractivity contribution is 5.29. The molecule has 0 aliphatic rings. The molecule has 0 N–H and O–H groups in total. The highest BCUT2D eigenvalue weighted by atomic mass is 19.3. The van der Waals surface area contributed by atoms with E-state index in [1.165, 1.54) is 31.4 Å². The van der Waals surface area contributed by atoms with Crippen LogP contribution in [0.25, 0.3) is 0 Å². The third kappa shape index (κ3) is 5.15. The van der Waals surface area contributed by atoms with Crippen molar-refractivity contribution in [1.29, 1.82) is 0 Å². The SMILES string of the molecule is CCCCCCCCC(c1ccccc1)C(F)(F)c1ccccc1. The van der Waals surface area contributed by atoms with Gasteiger partial charge in [0.2, 0.25) is 0 Å². The van der Waals surface area contributed by atoms with Crippen LogP contribution in [0.4, 0.5) is 8.78 Å². The first-order valence-electron chi connectivity index (χ1n) is 9.14. The van der Waals surface area contributed by atoms with Crippen molar-refractivity contribution in [3.05, 3.63) is 71.8 Å². The molecule has 2 aromatic carbocycles. The van der Waals surface area contributed by atoms with Crippen molar-refractivity contribution in [2.75, 3.05) is 0 Å². The van der Waals surface area contributed by atoms with E-state index in [2.05, 4.69) is 6.92 Å². The Morgan fingerprint density at radius 1 is 0.750 bits per heavy atom. The van der Waals surface area contributed by atoms with Crippen LogP contribution in [0.15, 0.2) is 60.7 Å². The van der Waals surface area contributed by atoms with E-state index in [-0.39, 0.29) is 5.56 Å². The quantitative estimate of drug-likeness (QED) is 0.400. The Morgan fingerprint density at radius 3 is 1.92 bits per heavy atom. The molecule has 24 heavy (non-hydrogen) atoms. The largest absolute Gasteiger partial charge is 0.279 e. The zero-order valence-electron chi connectivity index (χ0n) is 14.6. The van der Waals surface area contributed by atoms with Gasteiger partial charge >= 0.3 is 0 Å². The Balaban J connectivity index is 2.09. The summed E-state index contributed by atoms with van der Waals surface area (Å²) in [7, 11) is 0. The van der Waals surface area contributed by atoms with E-state index in [9.17, 15) is 0 Å². The van der Waals surface area contributed by atoms with E-state index in [1.54, 1.807) is 18.2 Å². The first kappa shape index (κ1) is 18.6. The van der Waals surface area contributed by atoms with Crippen LogP contribution in [0.2, 0.25) is 0 Å². The number of alkyl halides is 2. The van der Waals surface area contributed by atoms with Crippen LogP contribution in [-0.4, -0.2) is 0 Å². The summed E-state index contributed by atoms with van der Waals surface area (Å²) in [6, 6.07) is 17.5. The molecule has 0 saturated carbocycles. The highest BCUT2D eigenvalue weighted by Crippen LogP contribution is 2.44. The molecule has 2 aromatic rings. The lowest BCUT2D eigenvalue weighted by atomic mass is 9.84. The van der Waals surface area contributed by atoms with Gasteiger partial charge in [-0.05, 0) is 12.0 Å². The second kappa shape index (κ2) is 9.56. The molecular formula is C22H28F2. The van der Waals surface area contributed by atoms with E-state index >= 15 is 8.78 Å². The van der Waals surface area contributed by atoms with Gasteiger partial charge in [-0.25, -0.2) is 8.78 Å². The summed E-state index contributed by atoms with van der Waals surface area (Å²) in [5.41, 5.74) is 0.852. The predicted octanol–water partition coefficient (Wildman–Crippen LogP) is 7.31. The maximum Gasteiger partial charge on any atom is 0.279 e. The zero-order valence-corrected chi connectivity index (χ0v) is 14.6. The lowest BCUT2D eigenvalue weighted by Gasteiger charge is -2.28. The molecule has 0 bridgehead atoms. The smallest absolute Gasteiger partial charge is 0.201 e. The average Bonchev–Trinajstić information content (AvgIpc) is 2.62. The van der Waals surface area contributed by atoms with Gasteiger partial charge in [0, 0.05) is 5.56 Å². The Labute approximate surface area is 144 Å². The van der Waals surface area contributed by atoms with Gasteiger partial charge in [0.25, 0.3) is 5.92 Å². The van der Waals surface area contributed by atoms with Gasteiger partial charge in [0.1, 0.15) is 0 Å². The summed E-state index contributed by atoms with van der Waals surface area (Å²) in [5.74, 6) is -3.60. The lowest BCUT2D eigenvalue weighted by Crippen LogP contribution is -2.24. The van der Waals surface area contributed by atoms with Gasteiger partial charge in [-0.1, -0.05) is 106 Å². The molecule has 0 heterocycles. The Bertz CT molecular complexity index is 563.